The van der Waals surface area contributed by atoms with E-state index in [4.69, 9.17) is 21.4 Å². The third-order valence-electron chi connectivity index (χ3n) is 4.68. The maximum Gasteiger partial charge on any atom is 0.332 e. The first-order valence-corrected chi connectivity index (χ1v) is 9.77. The van der Waals surface area contributed by atoms with Crippen molar-refractivity contribution in [2.45, 2.75) is 46.3 Å². The van der Waals surface area contributed by atoms with Crippen LogP contribution in [0.4, 0.5) is 11.5 Å². The van der Waals surface area contributed by atoms with Crippen LogP contribution in [0.3, 0.4) is 0 Å². The van der Waals surface area contributed by atoms with E-state index in [0.717, 1.165) is 5.56 Å². The molecule has 1 aliphatic rings. The molecular weight excluding hydrogens is 384 g/mol. The number of hydrogen-bond acceptors (Lipinski definition) is 6. The van der Waals surface area contributed by atoms with Crippen molar-refractivity contribution in [1.29, 1.82) is 0 Å². The Balaban J connectivity index is 2.11. The molecule has 8 nitrogen and oxygen atoms in total. The summed E-state index contributed by atoms with van der Waals surface area (Å²) in [6.07, 6.45) is -0.230. The number of fused-ring (bicyclic) bond motifs is 1. The standard InChI is InChI=1S/C19H25ClN4O4/c1-3-22-16-15(17(26)23(19(22)27)10-5-11-25)24(18(21-16)28-4-2)12-13-6-8-14(20)9-7-13/h6-9,18,21,25H,3-5,10-12H2,1-2H3. The van der Waals surface area contributed by atoms with E-state index in [-0.39, 0.29) is 18.7 Å². The van der Waals surface area contributed by atoms with Crippen molar-refractivity contribution in [3.63, 3.8) is 0 Å². The van der Waals surface area contributed by atoms with Crippen LogP contribution in [-0.2, 0) is 24.4 Å². The largest absolute Gasteiger partial charge is 0.396 e. The highest BCUT2D eigenvalue weighted by Gasteiger charge is 2.35. The van der Waals surface area contributed by atoms with E-state index in [2.05, 4.69) is 5.32 Å². The molecule has 2 heterocycles. The number of halogens is 1. The van der Waals surface area contributed by atoms with E-state index in [1.165, 1.54) is 9.13 Å². The van der Waals surface area contributed by atoms with Gasteiger partial charge in [-0.15, -0.1) is 0 Å². The fourth-order valence-electron chi connectivity index (χ4n) is 3.36. The van der Waals surface area contributed by atoms with Gasteiger partial charge < -0.3 is 20.1 Å². The number of nitrogens with zero attached hydrogens (tertiary/aromatic N) is 3. The maximum absolute atomic E-state index is 13.2. The van der Waals surface area contributed by atoms with Crippen molar-refractivity contribution >= 4 is 23.1 Å². The van der Waals surface area contributed by atoms with Crippen molar-refractivity contribution in [3.05, 3.63) is 55.7 Å². The van der Waals surface area contributed by atoms with Crippen LogP contribution in [0.2, 0.25) is 5.02 Å². The number of nitrogens with one attached hydrogen (secondary N) is 1. The van der Waals surface area contributed by atoms with Gasteiger partial charge in [-0.25, -0.2) is 4.79 Å². The van der Waals surface area contributed by atoms with Crippen LogP contribution in [-0.4, -0.2) is 33.8 Å². The fraction of sp³-hybridized carbons (Fsp3) is 0.474. The van der Waals surface area contributed by atoms with Gasteiger partial charge in [-0.05, 0) is 38.0 Å². The summed E-state index contributed by atoms with van der Waals surface area (Å²) >= 11 is 5.98. The third-order valence-corrected chi connectivity index (χ3v) is 4.93. The molecule has 0 aliphatic carbocycles. The topological polar surface area (TPSA) is 88.7 Å². The van der Waals surface area contributed by atoms with Crippen LogP contribution in [0.25, 0.3) is 0 Å². The van der Waals surface area contributed by atoms with Gasteiger partial charge in [-0.1, -0.05) is 23.7 Å². The van der Waals surface area contributed by atoms with Crippen LogP contribution in [0.1, 0.15) is 25.8 Å². The molecule has 0 saturated heterocycles. The highest BCUT2D eigenvalue weighted by atomic mass is 35.5. The lowest BCUT2D eigenvalue weighted by molar-refractivity contribution is 0.0827. The van der Waals surface area contributed by atoms with Crippen LogP contribution in [0, 0.1) is 0 Å². The number of hydrogen-bond donors (Lipinski definition) is 2. The summed E-state index contributed by atoms with van der Waals surface area (Å²) < 4.78 is 8.51. The van der Waals surface area contributed by atoms with Gasteiger partial charge in [0.2, 0.25) is 6.35 Å². The molecule has 1 aromatic carbocycles. The molecule has 9 heteroatoms. The minimum Gasteiger partial charge on any atom is -0.396 e. The molecule has 28 heavy (non-hydrogen) atoms. The first-order valence-electron chi connectivity index (χ1n) is 9.39. The highest BCUT2D eigenvalue weighted by Crippen LogP contribution is 2.32. The number of aliphatic hydroxyl groups is 1. The number of ether oxygens (including phenoxy) is 1. The second kappa shape index (κ2) is 8.81. The lowest BCUT2D eigenvalue weighted by Crippen LogP contribution is -2.43. The summed E-state index contributed by atoms with van der Waals surface area (Å²) in [7, 11) is 0. The highest BCUT2D eigenvalue weighted by molar-refractivity contribution is 6.30. The lowest BCUT2D eigenvalue weighted by Gasteiger charge is -2.25. The van der Waals surface area contributed by atoms with Gasteiger partial charge in [0.05, 0.1) is 0 Å². The number of aromatic nitrogens is 2. The van der Waals surface area contributed by atoms with Crippen molar-refractivity contribution in [1.82, 2.24) is 9.13 Å². The molecule has 1 aliphatic heterocycles. The predicted octanol–water partition coefficient (Wildman–Crippen LogP) is 1.82. The Kier molecular flexibility index (Phi) is 6.43. The van der Waals surface area contributed by atoms with Gasteiger partial charge in [-0.3, -0.25) is 13.9 Å². The molecule has 0 spiro atoms. The Morgan fingerprint density at radius 2 is 1.89 bits per heavy atom. The number of rotatable bonds is 8. The molecule has 0 saturated carbocycles. The summed E-state index contributed by atoms with van der Waals surface area (Å²) in [6.45, 7) is 5.05. The Hall–Kier alpha value is -2.29. The van der Waals surface area contributed by atoms with Crippen LogP contribution in [0.15, 0.2) is 33.9 Å². The van der Waals surface area contributed by atoms with Crippen molar-refractivity contribution in [2.75, 3.05) is 23.4 Å². The van der Waals surface area contributed by atoms with E-state index < -0.39 is 12.0 Å². The number of aliphatic hydroxyl groups excluding tert-OH is 1. The normalized spacial score (nSPS) is 15.6. The van der Waals surface area contributed by atoms with Gasteiger partial charge in [0, 0.05) is 37.9 Å². The van der Waals surface area contributed by atoms with Crippen molar-refractivity contribution in [2.24, 2.45) is 0 Å². The predicted molar refractivity (Wildman–Crippen MR) is 109 cm³/mol. The third kappa shape index (κ3) is 3.80. The van der Waals surface area contributed by atoms with Crippen LogP contribution in [0.5, 0.6) is 0 Å². The van der Waals surface area contributed by atoms with Gasteiger partial charge in [0.25, 0.3) is 5.56 Å². The van der Waals surface area contributed by atoms with Gasteiger partial charge in [0.15, 0.2) is 0 Å². The number of benzene rings is 1. The molecule has 1 unspecified atom stereocenters. The minimum absolute atomic E-state index is 0.0938. The zero-order chi connectivity index (χ0) is 20.3. The fourth-order valence-corrected chi connectivity index (χ4v) is 3.49. The average molecular weight is 409 g/mol. The molecule has 0 radical (unpaired) electrons. The van der Waals surface area contributed by atoms with Crippen LogP contribution >= 0.6 is 11.6 Å². The zero-order valence-electron chi connectivity index (χ0n) is 16.0. The van der Waals surface area contributed by atoms with Crippen molar-refractivity contribution < 1.29 is 9.84 Å². The van der Waals surface area contributed by atoms with E-state index in [9.17, 15) is 9.59 Å². The quantitative estimate of drug-likeness (QED) is 0.692. The van der Waals surface area contributed by atoms with E-state index in [1.807, 2.05) is 30.9 Å². The van der Waals surface area contributed by atoms with Crippen LogP contribution < -0.4 is 21.5 Å². The van der Waals surface area contributed by atoms with Gasteiger partial charge in [0.1, 0.15) is 11.5 Å². The molecule has 0 bridgehead atoms. The zero-order valence-corrected chi connectivity index (χ0v) is 16.8. The molecule has 3 rings (SSSR count). The molecule has 2 N–H and O–H groups in total. The van der Waals surface area contributed by atoms with Gasteiger partial charge in [-0.2, -0.15) is 0 Å². The molecule has 2 aromatic rings. The van der Waals surface area contributed by atoms with Crippen molar-refractivity contribution in [3.8, 4) is 0 Å². The Morgan fingerprint density at radius 3 is 2.50 bits per heavy atom. The molecule has 1 atom stereocenters. The Bertz CT molecular complexity index is 939. The second-order valence-corrected chi connectivity index (χ2v) is 6.90. The second-order valence-electron chi connectivity index (χ2n) is 6.46. The summed E-state index contributed by atoms with van der Waals surface area (Å²) in [6, 6.07) is 7.37. The SMILES string of the molecule is CCOC1Nc2c(c(=O)n(CCCO)c(=O)n2CC)N1Cc1ccc(Cl)cc1. The minimum atomic E-state index is -0.561. The Labute approximate surface area is 167 Å². The molecule has 0 fully saturated rings. The molecule has 0 amide bonds. The average Bonchev–Trinajstić information content (AvgIpc) is 3.02. The summed E-state index contributed by atoms with van der Waals surface area (Å²) in [5.41, 5.74) is 0.574. The van der Waals surface area contributed by atoms with E-state index in [1.54, 1.807) is 12.1 Å². The Morgan fingerprint density at radius 1 is 1.18 bits per heavy atom. The monoisotopic (exact) mass is 408 g/mol. The van der Waals surface area contributed by atoms with E-state index >= 15 is 0 Å². The number of anilines is 2. The first kappa shape index (κ1) is 20.4. The molecular formula is C19H25ClN4O4. The maximum atomic E-state index is 13.2. The summed E-state index contributed by atoms with van der Waals surface area (Å²) in [5.74, 6) is 0.463. The lowest BCUT2D eigenvalue weighted by atomic mass is 10.2. The molecule has 152 valence electrons. The summed E-state index contributed by atoms with van der Waals surface area (Å²) in [5, 5.41) is 12.9. The first-order chi connectivity index (χ1) is 13.5. The van der Waals surface area contributed by atoms with Gasteiger partial charge >= 0.3 is 5.69 Å². The molecule has 1 aromatic heterocycles. The summed E-state index contributed by atoms with van der Waals surface area (Å²) in [4.78, 5) is 27.8. The smallest absolute Gasteiger partial charge is 0.332 e. The van der Waals surface area contributed by atoms with E-state index in [0.29, 0.717) is 42.6 Å².